The Labute approximate surface area is 104 Å². The van der Waals surface area contributed by atoms with Crippen LogP contribution in [0.25, 0.3) is 0 Å². The average molecular weight is 239 g/mol. The van der Waals surface area contributed by atoms with Crippen molar-refractivity contribution in [2.75, 3.05) is 6.54 Å². The molecule has 92 valence electrons. The van der Waals surface area contributed by atoms with Crippen LogP contribution in [0.2, 0.25) is 0 Å². The largest absolute Gasteiger partial charge is 0.310 e. The zero-order valence-corrected chi connectivity index (χ0v) is 12.0. The molecule has 0 amide bonds. The van der Waals surface area contributed by atoms with Crippen LogP contribution in [-0.2, 0) is 0 Å². The van der Waals surface area contributed by atoms with Gasteiger partial charge in [0.1, 0.15) is 0 Å². The van der Waals surface area contributed by atoms with E-state index >= 15 is 0 Å². The van der Waals surface area contributed by atoms with E-state index in [0.29, 0.717) is 6.04 Å². The van der Waals surface area contributed by atoms with E-state index in [1.165, 1.54) is 5.56 Å². The van der Waals surface area contributed by atoms with E-state index in [1.807, 2.05) is 0 Å². The highest BCUT2D eigenvalue weighted by Gasteiger charge is 2.18. The van der Waals surface area contributed by atoms with Crippen LogP contribution < -0.4 is 5.32 Å². The molecular formula is C14H25NS. The lowest BCUT2D eigenvalue weighted by molar-refractivity contribution is 0.268. The number of thiophene rings is 1. The van der Waals surface area contributed by atoms with E-state index in [1.54, 1.807) is 11.3 Å². The minimum absolute atomic E-state index is 0.478. The summed E-state index contributed by atoms with van der Waals surface area (Å²) in [7, 11) is 0. The molecule has 1 rings (SSSR count). The van der Waals surface area contributed by atoms with Gasteiger partial charge in [0, 0.05) is 6.04 Å². The molecule has 0 saturated carbocycles. The Morgan fingerprint density at radius 3 is 2.19 bits per heavy atom. The van der Waals surface area contributed by atoms with Crippen molar-refractivity contribution in [3.8, 4) is 0 Å². The second-order valence-corrected chi connectivity index (χ2v) is 6.12. The second kappa shape index (κ2) is 6.41. The standard InChI is InChI=1S/C14H25NS/c1-10(2)14(11(3)4)8-15-12(5)13-6-7-16-9-13/h6-7,9-12,14-15H,8H2,1-5H3. The quantitative estimate of drug-likeness (QED) is 0.779. The Kier molecular flexibility index (Phi) is 5.50. The van der Waals surface area contributed by atoms with Crippen molar-refractivity contribution in [3.63, 3.8) is 0 Å². The number of nitrogens with one attached hydrogen (secondary N) is 1. The number of rotatable bonds is 6. The third-order valence-electron chi connectivity index (χ3n) is 3.42. The molecule has 1 unspecified atom stereocenters. The molecule has 0 fully saturated rings. The lowest BCUT2D eigenvalue weighted by Gasteiger charge is -2.27. The van der Waals surface area contributed by atoms with Crippen LogP contribution >= 0.6 is 11.3 Å². The Morgan fingerprint density at radius 1 is 1.12 bits per heavy atom. The first kappa shape index (κ1) is 13.7. The van der Waals surface area contributed by atoms with Crippen LogP contribution in [-0.4, -0.2) is 6.54 Å². The van der Waals surface area contributed by atoms with Crippen molar-refractivity contribution in [2.24, 2.45) is 17.8 Å². The summed E-state index contributed by atoms with van der Waals surface area (Å²) in [6.07, 6.45) is 0. The van der Waals surface area contributed by atoms with Gasteiger partial charge in [0.05, 0.1) is 0 Å². The maximum absolute atomic E-state index is 3.65. The van der Waals surface area contributed by atoms with E-state index < -0.39 is 0 Å². The molecule has 2 heteroatoms. The smallest absolute Gasteiger partial charge is 0.0300 e. The molecule has 1 nitrogen and oxygen atoms in total. The molecule has 1 atom stereocenters. The summed E-state index contributed by atoms with van der Waals surface area (Å²) >= 11 is 1.77. The van der Waals surface area contributed by atoms with Crippen LogP contribution in [0.4, 0.5) is 0 Å². The lowest BCUT2D eigenvalue weighted by Crippen LogP contribution is -2.31. The van der Waals surface area contributed by atoms with E-state index in [9.17, 15) is 0 Å². The van der Waals surface area contributed by atoms with Gasteiger partial charge in [-0.25, -0.2) is 0 Å². The molecule has 1 aromatic heterocycles. The monoisotopic (exact) mass is 239 g/mol. The first-order valence-corrected chi connectivity index (χ1v) is 7.22. The van der Waals surface area contributed by atoms with Gasteiger partial charge in [0.15, 0.2) is 0 Å². The summed E-state index contributed by atoms with van der Waals surface area (Å²) in [5.41, 5.74) is 1.41. The van der Waals surface area contributed by atoms with Crippen LogP contribution in [0.1, 0.15) is 46.2 Å². The summed E-state index contributed by atoms with van der Waals surface area (Å²) in [5.74, 6) is 2.27. The van der Waals surface area contributed by atoms with Crippen LogP contribution in [0.15, 0.2) is 16.8 Å². The molecule has 16 heavy (non-hydrogen) atoms. The molecule has 0 radical (unpaired) electrons. The molecule has 0 aromatic carbocycles. The molecule has 0 saturated heterocycles. The summed E-state index contributed by atoms with van der Waals surface area (Å²) in [6, 6.07) is 2.69. The predicted molar refractivity (Wildman–Crippen MR) is 73.9 cm³/mol. The Morgan fingerprint density at radius 2 is 1.75 bits per heavy atom. The lowest BCUT2D eigenvalue weighted by atomic mass is 9.85. The SMILES string of the molecule is CC(NCC(C(C)C)C(C)C)c1ccsc1. The van der Waals surface area contributed by atoms with Gasteiger partial charge in [0.2, 0.25) is 0 Å². The molecule has 0 aliphatic rings. The van der Waals surface area contributed by atoms with Crippen LogP contribution in [0, 0.1) is 17.8 Å². The molecule has 1 heterocycles. The van der Waals surface area contributed by atoms with E-state index in [0.717, 1.165) is 24.3 Å². The van der Waals surface area contributed by atoms with Crippen molar-refractivity contribution in [2.45, 2.75) is 40.7 Å². The minimum atomic E-state index is 0.478. The zero-order valence-electron chi connectivity index (χ0n) is 11.2. The fraction of sp³-hybridized carbons (Fsp3) is 0.714. The zero-order chi connectivity index (χ0) is 12.1. The molecule has 0 aliphatic carbocycles. The fourth-order valence-corrected chi connectivity index (χ4v) is 2.95. The van der Waals surface area contributed by atoms with Crippen LogP contribution in [0.3, 0.4) is 0 Å². The van der Waals surface area contributed by atoms with E-state index in [-0.39, 0.29) is 0 Å². The summed E-state index contributed by atoms with van der Waals surface area (Å²) in [5, 5.41) is 8.04. The summed E-state index contributed by atoms with van der Waals surface area (Å²) in [6.45, 7) is 12.7. The summed E-state index contributed by atoms with van der Waals surface area (Å²) < 4.78 is 0. The first-order chi connectivity index (χ1) is 7.52. The number of hydrogen-bond donors (Lipinski definition) is 1. The number of hydrogen-bond acceptors (Lipinski definition) is 2. The van der Waals surface area contributed by atoms with Gasteiger partial charge in [-0.15, -0.1) is 0 Å². The van der Waals surface area contributed by atoms with Crippen molar-refractivity contribution in [1.82, 2.24) is 5.32 Å². The van der Waals surface area contributed by atoms with Gasteiger partial charge in [-0.2, -0.15) is 11.3 Å². The maximum Gasteiger partial charge on any atom is 0.0300 e. The van der Waals surface area contributed by atoms with Crippen molar-refractivity contribution in [3.05, 3.63) is 22.4 Å². The Balaban J connectivity index is 2.43. The molecule has 0 spiro atoms. The minimum Gasteiger partial charge on any atom is -0.310 e. The molecular weight excluding hydrogens is 214 g/mol. The highest BCUT2D eigenvalue weighted by Crippen LogP contribution is 2.21. The summed E-state index contributed by atoms with van der Waals surface area (Å²) in [4.78, 5) is 0. The molecule has 0 bridgehead atoms. The van der Waals surface area contributed by atoms with Gasteiger partial charge < -0.3 is 5.32 Å². The highest BCUT2D eigenvalue weighted by molar-refractivity contribution is 7.07. The van der Waals surface area contributed by atoms with Gasteiger partial charge in [0.25, 0.3) is 0 Å². The topological polar surface area (TPSA) is 12.0 Å². The van der Waals surface area contributed by atoms with Gasteiger partial charge >= 0.3 is 0 Å². The van der Waals surface area contributed by atoms with Gasteiger partial charge in [-0.1, -0.05) is 27.7 Å². The van der Waals surface area contributed by atoms with Crippen molar-refractivity contribution in [1.29, 1.82) is 0 Å². The van der Waals surface area contributed by atoms with E-state index in [4.69, 9.17) is 0 Å². The molecule has 0 aliphatic heterocycles. The van der Waals surface area contributed by atoms with Gasteiger partial charge in [-0.05, 0) is 53.6 Å². The normalized spacial score (nSPS) is 14.0. The molecule has 1 N–H and O–H groups in total. The fourth-order valence-electron chi connectivity index (χ4n) is 2.19. The molecule has 1 aromatic rings. The third-order valence-corrected chi connectivity index (χ3v) is 4.12. The Hall–Kier alpha value is -0.340. The highest BCUT2D eigenvalue weighted by atomic mass is 32.1. The maximum atomic E-state index is 3.65. The first-order valence-electron chi connectivity index (χ1n) is 6.27. The van der Waals surface area contributed by atoms with Crippen LogP contribution in [0.5, 0.6) is 0 Å². The predicted octanol–water partition coefficient (Wildman–Crippen LogP) is 4.33. The van der Waals surface area contributed by atoms with Crippen molar-refractivity contribution >= 4 is 11.3 Å². The second-order valence-electron chi connectivity index (χ2n) is 5.34. The third kappa shape index (κ3) is 3.91. The average Bonchev–Trinajstić information content (AvgIpc) is 2.69. The van der Waals surface area contributed by atoms with Crippen molar-refractivity contribution < 1.29 is 0 Å². The van der Waals surface area contributed by atoms with Gasteiger partial charge in [-0.3, -0.25) is 0 Å². The Bertz CT molecular complexity index is 269. The van der Waals surface area contributed by atoms with E-state index in [2.05, 4.69) is 56.8 Å².